The molecule has 0 radical (unpaired) electrons. The van der Waals surface area contributed by atoms with Crippen LogP contribution in [0.4, 0.5) is 11.6 Å². The number of nitrogens with zero attached hydrogens (tertiary/aromatic N) is 5. The van der Waals surface area contributed by atoms with Crippen LogP contribution in [0.3, 0.4) is 0 Å². The first-order valence-corrected chi connectivity index (χ1v) is 12.1. The van der Waals surface area contributed by atoms with Gasteiger partial charge in [-0.25, -0.2) is 15.0 Å². The molecule has 1 fully saturated rings. The standard InChI is InChI=1S/C29H33N7/c1-6-20(3)22(7-2)9-8-21(4)33-27-18-23(10-17-32-27)28-34-26-19-31-16-13-25(26)29(35-28)36(5)24-11-14-30-15-12-24/h6-10,13,16-19,24,30H,1-2,4,11-12,14-15H2,3,5H3,(H,32,33)/b9-8-,22-20+. The van der Waals surface area contributed by atoms with E-state index in [1.165, 1.54) is 0 Å². The molecule has 2 N–H and O–H groups in total. The van der Waals surface area contributed by atoms with E-state index in [0.29, 0.717) is 23.4 Å². The van der Waals surface area contributed by atoms with Crippen LogP contribution >= 0.6 is 0 Å². The maximum absolute atomic E-state index is 5.01. The highest BCUT2D eigenvalue weighted by atomic mass is 15.2. The van der Waals surface area contributed by atoms with Crippen LogP contribution in [0.15, 0.2) is 97.7 Å². The van der Waals surface area contributed by atoms with Gasteiger partial charge in [-0.05, 0) is 68.3 Å². The number of aromatic nitrogens is 4. The number of hydrogen-bond donors (Lipinski definition) is 2. The molecule has 7 nitrogen and oxygen atoms in total. The maximum atomic E-state index is 5.01. The Balaban J connectivity index is 1.63. The van der Waals surface area contributed by atoms with Crippen molar-refractivity contribution in [3.05, 3.63) is 97.7 Å². The van der Waals surface area contributed by atoms with Crippen molar-refractivity contribution in [2.75, 3.05) is 30.4 Å². The summed E-state index contributed by atoms with van der Waals surface area (Å²) < 4.78 is 0. The molecule has 0 aliphatic carbocycles. The second kappa shape index (κ2) is 11.6. The van der Waals surface area contributed by atoms with Crippen molar-refractivity contribution in [2.45, 2.75) is 25.8 Å². The molecule has 7 heteroatoms. The van der Waals surface area contributed by atoms with Gasteiger partial charge in [-0.2, -0.15) is 0 Å². The molecule has 1 saturated heterocycles. The van der Waals surface area contributed by atoms with Crippen molar-refractivity contribution in [2.24, 2.45) is 0 Å². The quantitative estimate of drug-likeness (QED) is 0.395. The minimum absolute atomic E-state index is 0.425. The third-order valence-corrected chi connectivity index (χ3v) is 6.42. The zero-order valence-corrected chi connectivity index (χ0v) is 21.0. The normalized spacial score (nSPS) is 14.9. The molecule has 3 aromatic heterocycles. The summed E-state index contributed by atoms with van der Waals surface area (Å²) in [6.45, 7) is 15.8. The van der Waals surface area contributed by atoms with Gasteiger partial charge >= 0.3 is 0 Å². The fourth-order valence-corrected chi connectivity index (χ4v) is 4.24. The topological polar surface area (TPSA) is 78.9 Å². The highest BCUT2D eigenvalue weighted by molar-refractivity contribution is 5.90. The van der Waals surface area contributed by atoms with Crippen LogP contribution in [-0.4, -0.2) is 46.1 Å². The van der Waals surface area contributed by atoms with Crippen molar-refractivity contribution < 1.29 is 0 Å². The van der Waals surface area contributed by atoms with Gasteiger partial charge in [0, 0.05) is 42.1 Å². The Morgan fingerprint density at radius 2 is 1.92 bits per heavy atom. The molecule has 0 unspecified atom stereocenters. The van der Waals surface area contributed by atoms with E-state index in [1.54, 1.807) is 30.7 Å². The minimum Gasteiger partial charge on any atom is -0.356 e. The molecule has 184 valence electrons. The van der Waals surface area contributed by atoms with Gasteiger partial charge in [0.25, 0.3) is 0 Å². The average Bonchev–Trinajstić information content (AvgIpc) is 2.92. The Kier molecular flexibility index (Phi) is 8.02. The van der Waals surface area contributed by atoms with Crippen molar-refractivity contribution in [1.82, 2.24) is 25.3 Å². The number of allylic oxidation sites excluding steroid dienone is 6. The zero-order valence-electron chi connectivity index (χ0n) is 21.0. The van der Waals surface area contributed by atoms with Crippen LogP contribution in [0, 0.1) is 0 Å². The predicted molar refractivity (Wildman–Crippen MR) is 150 cm³/mol. The van der Waals surface area contributed by atoms with E-state index in [9.17, 15) is 0 Å². The second-order valence-corrected chi connectivity index (χ2v) is 8.82. The van der Waals surface area contributed by atoms with Gasteiger partial charge in [-0.15, -0.1) is 0 Å². The van der Waals surface area contributed by atoms with Crippen LogP contribution in [0.2, 0.25) is 0 Å². The molecule has 0 bridgehead atoms. The summed E-state index contributed by atoms with van der Waals surface area (Å²) in [5.41, 5.74) is 4.41. The molecule has 0 atom stereocenters. The lowest BCUT2D eigenvalue weighted by molar-refractivity contribution is 0.442. The lowest BCUT2D eigenvalue weighted by atomic mass is 10.0. The first-order chi connectivity index (χ1) is 17.5. The highest BCUT2D eigenvalue weighted by Crippen LogP contribution is 2.29. The fourth-order valence-electron chi connectivity index (χ4n) is 4.24. The van der Waals surface area contributed by atoms with Gasteiger partial charge in [-0.1, -0.05) is 38.0 Å². The molecule has 36 heavy (non-hydrogen) atoms. The number of piperidine rings is 1. The van der Waals surface area contributed by atoms with E-state index in [0.717, 1.165) is 59.4 Å². The van der Waals surface area contributed by atoms with Crippen molar-refractivity contribution in [3.63, 3.8) is 0 Å². The molecule has 1 aliphatic rings. The Labute approximate surface area is 213 Å². The SMILES string of the molecule is C=C/C(C)=C(C=C)/C=C\C(=C)Nc1cc(-c2nc(N(C)C3CCNCC3)c3ccncc3n2)ccn1. The molecule has 0 amide bonds. The van der Waals surface area contributed by atoms with Crippen LogP contribution in [0.5, 0.6) is 0 Å². The number of pyridine rings is 2. The summed E-state index contributed by atoms with van der Waals surface area (Å²) in [6.07, 6.45) is 14.9. The van der Waals surface area contributed by atoms with E-state index in [4.69, 9.17) is 9.97 Å². The van der Waals surface area contributed by atoms with E-state index in [1.807, 2.05) is 37.3 Å². The summed E-state index contributed by atoms with van der Waals surface area (Å²) in [6, 6.07) is 6.27. The minimum atomic E-state index is 0.425. The fraction of sp³-hybridized carbons (Fsp3) is 0.241. The maximum Gasteiger partial charge on any atom is 0.162 e. The number of anilines is 2. The number of fused-ring (bicyclic) bond motifs is 1. The van der Waals surface area contributed by atoms with Crippen molar-refractivity contribution >= 4 is 22.5 Å². The summed E-state index contributed by atoms with van der Waals surface area (Å²) in [5, 5.41) is 7.69. The molecular weight excluding hydrogens is 446 g/mol. The van der Waals surface area contributed by atoms with Gasteiger partial charge in [0.2, 0.25) is 0 Å². The lowest BCUT2D eigenvalue weighted by Crippen LogP contribution is -2.41. The summed E-state index contributed by atoms with van der Waals surface area (Å²) >= 11 is 0. The molecule has 4 heterocycles. The van der Waals surface area contributed by atoms with Gasteiger partial charge < -0.3 is 15.5 Å². The predicted octanol–water partition coefficient (Wildman–Crippen LogP) is 5.45. The summed E-state index contributed by atoms with van der Waals surface area (Å²) in [7, 11) is 2.12. The van der Waals surface area contributed by atoms with Gasteiger partial charge in [0.1, 0.15) is 11.6 Å². The number of hydrogen-bond acceptors (Lipinski definition) is 7. The van der Waals surface area contributed by atoms with Gasteiger partial charge in [0.05, 0.1) is 11.7 Å². The molecule has 0 saturated carbocycles. The van der Waals surface area contributed by atoms with E-state index < -0.39 is 0 Å². The average molecular weight is 480 g/mol. The summed E-state index contributed by atoms with van der Waals surface area (Å²) in [4.78, 5) is 20.9. The molecular formula is C29H33N7. The number of nitrogens with one attached hydrogen (secondary N) is 2. The largest absolute Gasteiger partial charge is 0.356 e. The third-order valence-electron chi connectivity index (χ3n) is 6.42. The molecule has 0 aromatic carbocycles. The molecule has 4 rings (SSSR count). The van der Waals surface area contributed by atoms with Crippen molar-refractivity contribution in [1.29, 1.82) is 0 Å². The van der Waals surface area contributed by atoms with Crippen LogP contribution in [-0.2, 0) is 0 Å². The smallest absolute Gasteiger partial charge is 0.162 e. The summed E-state index contributed by atoms with van der Waals surface area (Å²) in [5.74, 6) is 2.22. The van der Waals surface area contributed by atoms with E-state index in [2.05, 4.69) is 52.3 Å². The Morgan fingerprint density at radius 3 is 2.67 bits per heavy atom. The monoisotopic (exact) mass is 479 g/mol. The lowest BCUT2D eigenvalue weighted by Gasteiger charge is -2.33. The second-order valence-electron chi connectivity index (χ2n) is 8.82. The molecule has 3 aromatic rings. The first-order valence-electron chi connectivity index (χ1n) is 12.1. The third kappa shape index (κ3) is 5.75. The van der Waals surface area contributed by atoms with Crippen LogP contribution in [0.25, 0.3) is 22.3 Å². The first kappa shape index (κ1) is 25.0. The number of rotatable bonds is 9. The van der Waals surface area contributed by atoms with Gasteiger partial charge in [0.15, 0.2) is 5.82 Å². The van der Waals surface area contributed by atoms with E-state index >= 15 is 0 Å². The Bertz CT molecular complexity index is 1330. The highest BCUT2D eigenvalue weighted by Gasteiger charge is 2.22. The zero-order chi connectivity index (χ0) is 25.5. The van der Waals surface area contributed by atoms with Crippen LogP contribution in [0.1, 0.15) is 19.8 Å². The Hall–Kier alpha value is -4.10. The van der Waals surface area contributed by atoms with Crippen molar-refractivity contribution in [3.8, 4) is 11.4 Å². The van der Waals surface area contributed by atoms with Crippen LogP contribution < -0.4 is 15.5 Å². The molecule has 0 spiro atoms. The molecule has 1 aliphatic heterocycles. The Morgan fingerprint density at radius 1 is 1.11 bits per heavy atom. The van der Waals surface area contributed by atoms with E-state index in [-0.39, 0.29) is 0 Å². The van der Waals surface area contributed by atoms with Gasteiger partial charge in [-0.3, -0.25) is 4.98 Å².